The first-order valence-corrected chi connectivity index (χ1v) is 5.91. The zero-order chi connectivity index (χ0) is 14.1. The van der Waals surface area contributed by atoms with Crippen molar-refractivity contribution in [2.45, 2.75) is 19.4 Å². The van der Waals surface area contributed by atoms with Gasteiger partial charge in [0.1, 0.15) is 0 Å². The fraction of sp³-hybridized carbons (Fsp3) is 0.385. The molecule has 0 saturated heterocycles. The van der Waals surface area contributed by atoms with Gasteiger partial charge in [-0.2, -0.15) is 10.5 Å². The van der Waals surface area contributed by atoms with Crippen molar-refractivity contribution in [1.29, 1.82) is 10.5 Å². The maximum Gasteiger partial charge on any atom is 0.254 e. The number of pyridine rings is 1. The maximum absolute atomic E-state index is 12.3. The number of amides is 1. The van der Waals surface area contributed by atoms with Crippen molar-refractivity contribution in [2.75, 3.05) is 13.1 Å². The van der Waals surface area contributed by atoms with E-state index in [4.69, 9.17) is 16.3 Å². The summed E-state index contributed by atoms with van der Waals surface area (Å²) in [4.78, 5) is 17.8. The second kappa shape index (κ2) is 7.80. The zero-order valence-electron chi connectivity index (χ0n) is 10.5. The van der Waals surface area contributed by atoms with Crippen LogP contribution in [0, 0.1) is 22.7 Å². The van der Waals surface area contributed by atoms with Gasteiger partial charge >= 0.3 is 0 Å². The van der Waals surface area contributed by atoms with Crippen molar-refractivity contribution in [3.63, 3.8) is 0 Å². The van der Waals surface area contributed by atoms with Crippen LogP contribution in [-0.4, -0.2) is 28.9 Å². The molecule has 0 aliphatic carbocycles. The van der Waals surface area contributed by atoms with Gasteiger partial charge in [-0.25, -0.2) is 0 Å². The van der Waals surface area contributed by atoms with Gasteiger partial charge in [0.05, 0.1) is 30.7 Å². The first-order valence-electron chi connectivity index (χ1n) is 5.91. The van der Waals surface area contributed by atoms with Gasteiger partial charge < -0.3 is 10.6 Å². The standard InChI is InChI=1S/C13H15N5O/c14-4-1-7-18(8-2-5-15)13(19)11-3-6-17-12(9-11)10-16/h3,6,9H,1-2,7-8,10,16H2. The van der Waals surface area contributed by atoms with Crippen molar-refractivity contribution < 1.29 is 4.79 Å². The fourth-order valence-electron chi connectivity index (χ4n) is 1.59. The Morgan fingerprint density at radius 1 is 1.32 bits per heavy atom. The van der Waals surface area contributed by atoms with E-state index in [9.17, 15) is 4.79 Å². The molecule has 1 rings (SSSR count). The molecule has 0 saturated carbocycles. The largest absolute Gasteiger partial charge is 0.337 e. The van der Waals surface area contributed by atoms with Crippen LogP contribution < -0.4 is 5.73 Å². The van der Waals surface area contributed by atoms with E-state index in [1.807, 2.05) is 12.1 Å². The molecule has 0 atom stereocenters. The van der Waals surface area contributed by atoms with Crippen LogP contribution in [0.5, 0.6) is 0 Å². The van der Waals surface area contributed by atoms with Crippen LogP contribution in [-0.2, 0) is 6.54 Å². The van der Waals surface area contributed by atoms with E-state index in [2.05, 4.69) is 4.98 Å². The third kappa shape index (κ3) is 4.38. The van der Waals surface area contributed by atoms with Crippen LogP contribution in [0.3, 0.4) is 0 Å². The lowest BCUT2D eigenvalue weighted by atomic mass is 10.2. The minimum Gasteiger partial charge on any atom is -0.337 e. The minimum atomic E-state index is -0.206. The maximum atomic E-state index is 12.3. The molecule has 1 aromatic rings. The smallest absolute Gasteiger partial charge is 0.254 e. The number of rotatable bonds is 6. The molecule has 0 aromatic carbocycles. The number of nitriles is 2. The highest BCUT2D eigenvalue weighted by atomic mass is 16.2. The van der Waals surface area contributed by atoms with Gasteiger partial charge in [-0.1, -0.05) is 0 Å². The Morgan fingerprint density at radius 3 is 2.47 bits per heavy atom. The highest BCUT2D eigenvalue weighted by Crippen LogP contribution is 2.07. The van der Waals surface area contributed by atoms with E-state index < -0.39 is 0 Å². The third-order valence-electron chi connectivity index (χ3n) is 2.55. The molecule has 1 heterocycles. The first-order chi connectivity index (χ1) is 9.22. The monoisotopic (exact) mass is 257 g/mol. The molecule has 19 heavy (non-hydrogen) atoms. The van der Waals surface area contributed by atoms with Gasteiger partial charge in [0, 0.05) is 31.4 Å². The molecular formula is C13H15N5O. The van der Waals surface area contributed by atoms with Gasteiger partial charge in [-0.15, -0.1) is 0 Å². The molecule has 0 unspecified atom stereocenters. The molecule has 98 valence electrons. The lowest BCUT2D eigenvalue weighted by Gasteiger charge is -2.20. The van der Waals surface area contributed by atoms with Gasteiger partial charge in [-0.3, -0.25) is 9.78 Å². The topological polar surface area (TPSA) is 107 Å². The van der Waals surface area contributed by atoms with Crippen molar-refractivity contribution in [3.8, 4) is 12.1 Å². The first kappa shape index (κ1) is 14.6. The summed E-state index contributed by atoms with van der Waals surface area (Å²) in [6.45, 7) is 0.895. The summed E-state index contributed by atoms with van der Waals surface area (Å²) >= 11 is 0. The summed E-state index contributed by atoms with van der Waals surface area (Å²) in [7, 11) is 0. The average molecular weight is 257 g/mol. The molecule has 0 fully saturated rings. The highest BCUT2D eigenvalue weighted by Gasteiger charge is 2.15. The lowest BCUT2D eigenvalue weighted by molar-refractivity contribution is 0.0762. The number of nitrogens with two attached hydrogens (primary N) is 1. The summed E-state index contributed by atoms with van der Waals surface area (Å²) in [5, 5.41) is 17.2. The summed E-state index contributed by atoms with van der Waals surface area (Å²) in [5.41, 5.74) is 6.59. The summed E-state index contributed by atoms with van der Waals surface area (Å²) in [6.07, 6.45) is 2.01. The van der Waals surface area contributed by atoms with E-state index >= 15 is 0 Å². The predicted octanol–water partition coefficient (Wildman–Crippen LogP) is 0.810. The minimum absolute atomic E-state index is 0.206. The second-order valence-corrected chi connectivity index (χ2v) is 3.85. The van der Waals surface area contributed by atoms with Crippen molar-refractivity contribution >= 4 is 5.91 Å². The number of carbonyl (C=O) groups excluding carboxylic acids is 1. The molecule has 6 nitrogen and oxygen atoms in total. The third-order valence-corrected chi connectivity index (χ3v) is 2.55. The molecule has 0 spiro atoms. The average Bonchev–Trinajstić information content (AvgIpc) is 2.47. The molecule has 0 aliphatic rings. The van der Waals surface area contributed by atoms with E-state index in [1.54, 1.807) is 12.1 Å². The molecule has 6 heteroatoms. The lowest BCUT2D eigenvalue weighted by Crippen LogP contribution is -2.32. The van der Waals surface area contributed by atoms with Crippen LogP contribution in [0.4, 0.5) is 0 Å². The molecule has 2 N–H and O–H groups in total. The van der Waals surface area contributed by atoms with Crippen LogP contribution in [0.15, 0.2) is 18.3 Å². The van der Waals surface area contributed by atoms with Crippen molar-refractivity contribution in [3.05, 3.63) is 29.6 Å². The Morgan fingerprint density at radius 2 is 1.95 bits per heavy atom. The van der Waals surface area contributed by atoms with E-state index in [1.165, 1.54) is 11.1 Å². The number of carbonyl (C=O) groups is 1. The second-order valence-electron chi connectivity index (χ2n) is 3.85. The van der Waals surface area contributed by atoms with E-state index in [-0.39, 0.29) is 25.3 Å². The van der Waals surface area contributed by atoms with Gasteiger partial charge in [0.15, 0.2) is 0 Å². The molecule has 1 amide bonds. The highest BCUT2D eigenvalue weighted by molar-refractivity contribution is 5.94. The number of aromatic nitrogens is 1. The quantitative estimate of drug-likeness (QED) is 0.811. The molecular weight excluding hydrogens is 242 g/mol. The Kier molecular flexibility index (Phi) is 6.00. The Hall–Kier alpha value is -2.44. The SMILES string of the molecule is N#CCCN(CCC#N)C(=O)c1ccnc(CN)c1. The van der Waals surface area contributed by atoms with Crippen molar-refractivity contribution in [1.82, 2.24) is 9.88 Å². The Balaban J connectivity index is 2.85. The van der Waals surface area contributed by atoms with Crippen LogP contribution in [0.25, 0.3) is 0 Å². The van der Waals surface area contributed by atoms with Gasteiger partial charge in [0.25, 0.3) is 5.91 Å². The molecule has 0 aliphatic heterocycles. The van der Waals surface area contributed by atoms with E-state index in [0.29, 0.717) is 24.3 Å². The fourth-order valence-corrected chi connectivity index (χ4v) is 1.59. The van der Waals surface area contributed by atoms with Gasteiger partial charge in [0.2, 0.25) is 0 Å². The van der Waals surface area contributed by atoms with E-state index in [0.717, 1.165) is 0 Å². The summed E-state index contributed by atoms with van der Waals surface area (Å²) in [5.74, 6) is -0.206. The van der Waals surface area contributed by atoms with Crippen LogP contribution >= 0.6 is 0 Å². The normalized spacial score (nSPS) is 9.42. The predicted molar refractivity (Wildman–Crippen MR) is 68.5 cm³/mol. The number of hydrogen-bond donors (Lipinski definition) is 1. The Labute approximate surface area is 112 Å². The number of hydrogen-bond acceptors (Lipinski definition) is 5. The summed E-state index contributed by atoms with van der Waals surface area (Å²) < 4.78 is 0. The Bertz CT molecular complexity index is 497. The van der Waals surface area contributed by atoms with Gasteiger partial charge in [-0.05, 0) is 12.1 Å². The zero-order valence-corrected chi connectivity index (χ0v) is 10.5. The molecule has 0 bridgehead atoms. The molecule has 0 radical (unpaired) electrons. The molecule has 1 aromatic heterocycles. The van der Waals surface area contributed by atoms with Crippen LogP contribution in [0.2, 0.25) is 0 Å². The van der Waals surface area contributed by atoms with Crippen LogP contribution in [0.1, 0.15) is 28.9 Å². The summed E-state index contributed by atoms with van der Waals surface area (Å²) in [6, 6.07) is 7.23. The number of nitrogens with zero attached hydrogens (tertiary/aromatic N) is 4. The van der Waals surface area contributed by atoms with Crippen molar-refractivity contribution in [2.24, 2.45) is 5.73 Å².